The summed E-state index contributed by atoms with van der Waals surface area (Å²) in [5.41, 5.74) is 2.31. The smallest absolute Gasteiger partial charge is 0.0495 e. The maximum absolute atomic E-state index is 6.03. The molecule has 2 rings (SSSR count). The molecule has 1 unspecified atom stereocenters. The van der Waals surface area contributed by atoms with E-state index in [0.717, 1.165) is 23.7 Å². The van der Waals surface area contributed by atoms with Crippen LogP contribution in [0.2, 0.25) is 5.02 Å². The van der Waals surface area contributed by atoms with Crippen molar-refractivity contribution in [2.75, 3.05) is 31.6 Å². The largest absolute Gasteiger partial charge is 0.373 e. The van der Waals surface area contributed by atoms with Crippen molar-refractivity contribution in [1.29, 1.82) is 0 Å². The Labute approximate surface area is 126 Å². The normalized spacial score (nSPS) is 19.9. The minimum Gasteiger partial charge on any atom is -0.373 e. The number of hydrogen-bond donors (Lipinski definition) is 0. The lowest BCUT2D eigenvalue weighted by atomic mass is 10.1. The van der Waals surface area contributed by atoms with Gasteiger partial charge in [0.05, 0.1) is 0 Å². The summed E-state index contributed by atoms with van der Waals surface area (Å²) in [7, 11) is 2.14. The van der Waals surface area contributed by atoms with E-state index in [1.54, 1.807) is 0 Å². The third kappa shape index (κ3) is 3.56. The van der Waals surface area contributed by atoms with Gasteiger partial charge in [0.15, 0.2) is 0 Å². The van der Waals surface area contributed by atoms with E-state index in [9.17, 15) is 0 Å². The molecule has 0 spiro atoms. The molecule has 1 aromatic rings. The molecule has 0 bridgehead atoms. The Hall–Kier alpha value is -0.440. The predicted octanol–water partition coefficient (Wildman–Crippen LogP) is 4.00. The first-order chi connectivity index (χ1) is 9.15. The van der Waals surface area contributed by atoms with Crippen LogP contribution in [0, 0.1) is 0 Å². The standard InChI is InChI=1S/C15H22Cl2N2/c1-3-19-8-4-5-14(19)11-18(2)15-7-6-13(17)9-12(15)10-16/h6-7,9,14H,3-5,8,10-11H2,1-2H3. The van der Waals surface area contributed by atoms with E-state index >= 15 is 0 Å². The second kappa shape index (κ2) is 6.83. The maximum Gasteiger partial charge on any atom is 0.0495 e. The molecule has 1 aromatic carbocycles. The zero-order valence-electron chi connectivity index (χ0n) is 11.7. The fraction of sp³-hybridized carbons (Fsp3) is 0.600. The van der Waals surface area contributed by atoms with Crippen LogP contribution < -0.4 is 4.90 Å². The van der Waals surface area contributed by atoms with Gasteiger partial charge >= 0.3 is 0 Å². The van der Waals surface area contributed by atoms with Crippen LogP contribution in [0.15, 0.2) is 18.2 Å². The van der Waals surface area contributed by atoms with Crippen molar-refractivity contribution < 1.29 is 0 Å². The molecule has 1 heterocycles. The Morgan fingerprint density at radius 2 is 2.21 bits per heavy atom. The third-order valence-electron chi connectivity index (χ3n) is 3.99. The van der Waals surface area contributed by atoms with E-state index in [4.69, 9.17) is 23.2 Å². The molecular formula is C15H22Cl2N2. The average Bonchev–Trinajstić information content (AvgIpc) is 2.85. The van der Waals surface area contributed by atoms with Gasteiger partial charge in [-0.05, 0) is 49.7 Å². The number of benzene rings is 1. The van der Waals surface area contributed by atoms with Crippen molar-refractivity contribution in [2.45, 2.75) is 31.7 Å². The number of anilines is 1. The first kappa shape index (κ1) is 15.0. The zero-order chi connectivity index (χ0) is 13.8. The van der Waals surface area contributed by atoms with Gasteiger partial charge in [0, 0.05) is 36.2 Å². The van der Waals surface area contributed by atoms with Gasteiger partial charge in [-0.25, -0.2) is 0 Å². The lowest BCUT2D eigenvalue weighted by molar-refractivity contribution is 0.270. The highest BCUT2D eigenvalue weighted by molar-refractivity contribution is 6.30. The minimum atomic E-state index is 0.502. The van der Waals surface area contributed by atoms with E-state index in [-0.39, 0.29) is 0 Å². The summed E-state index contributed by atoms with van der Waals surface area (Å²) in [5, 5.41) is 0.754. The molecule has 106 valence electrons. The Balaban J connectivity index is 2.09. The van der Waals surface area contributed by atoms with E-state index in [0.29, 0.717) is 11.9 Å². The molecule has 1 saturated heterocycles. The van der Waals surface area contributed by atoms with Crippen molar-refractivity contribution >= 4 is 28.9 Å². The summed E-state index contributed by atoms with van der Waals surface area (Å²) in [4.78, 5) is 4.87. The molecule has 1 aliphatic heterocycles. The Morgan fingerprint density at radius 3 is 2.89 bits per heavy atom. The third-order valence-corrected chi connectivity index (χ3v) is 4.51. The van der Waals surface area contributed by atoms with Crippen molar-refractivity contribution in [3.8, 4) is 0 Å². The fourth-order valence-electron chi connectivity index (χ4n) is 2.97. The molecule has 0 aliphatic carbocycles. The number of likely N-dealkylation sites (tertiary alicyclic amines) is 1. The Morgan fingerprint density at radius 1 is 1.42 bits per heavy atom. The van der Waals surface area contributed by atoms with Crippen LogP contribution in [0.25, 0.3) is 0 Å². The van der Waals surface area contributed by atoms with Crippen molar-refractivity contribution in [2.24, 2.45) is 0 Å². The molecule has 1 atom stereocenters. The number of alkyl halides is 1. The molecule has 0 amide bonds. The first-order valence-electron chi connectivity index (χ1n) is 6.95. The zero-order valence-corrected chi connectivity index (χ0v) is 13.2. The summed E-state index contributed by atoms with van der Waals surface area (Å²) < 4.78 is 0. The van der Waals surface area contributed by atoms with Crippen molar-refractivity contribution in [1.82, 2.24) is 4.90 Å². The monoisotopic (exact) mass is 300 g/mol. The van der Waals surface area contributed by atoms with Gasteiger partial charge in [0.1, 0.15) is 0 Å². The number of nitrogens with zero attached hydrogens (tertiary/aromatic N) is 2. The van der Waals surface area contributed by atoms with Gasteiger partial charge < -0.3 is 4.90 Å². The van der Waals surface area contributed by atoms with Gasteiger partial charge in [-0.3, -0.25) is 4.90 Å². The first-order valence-corrected chi connectivity index (χ1v) is 7.86. The highest BCUT2D eigenvalue weighted by Gasteiger charge is 2.24. The van der Waals surface area contributed by atoms with Crippen LogP contribution in [-0.2, 0) is 5.88 Å². The molecule has 1 fully saturated rings. The van der Waals surface area contributed by atoms with Crippen LogP contribution in [0.5, 0.6) is 0 Å². The molecule has 2 nitrogen and oxygen atoms in total. The van der Waals surface area contributed by atoms with E-state index in [2.05, 4.69) is 29.8 Å². The summed E-state index contributed by atoms with van der Waals surface area (Å²) in [6.45, 7) is 5.67. The lowest BCUT2D eigenvalue weighted by Gasteiger charge is -2.30. The maximum atomic E-state index is 6.03. The molecule has 0 radical (unpaired) electrons. The molecule has 0 aromatic heterocycles. The molecular weight excluding hydrogens is 279 g/mol. The van der Waals surface area contributed by atoms with Crippen LogP contribution in [0.1, 0.15) is 25.3 Å². The fourth-order valence-corrected chi connectivity index (χ4v) is 3.37. The van der Waals surface area contributed by atoms with Gasteiger partial charge in [-0.2, -0.15) is 0 Å². The number of rotatable bonds is 5. The predicted molar refractivity (Wildman–Crippen MR) is 84.5 cm³/mol. The molecule has 0 saturated carbocycles. The van der Waals surface area contributed by atoms with Gasteiger partial charge in [0.25, 0.3) is 0 Å². The minimum absolute atomic E-state index is 0.502. The van der Waals surface area contributed by atoms with Crippen LogP contribution in [0.4, 0.5) is 5.69 Å². The van der Waals surface area contributed by atoms with Crippen LogP contribution in [-0.4, -0.2) is 37.6 Å². The van der Waals surface area contributed by atoms with Crippen LogP contribution >= 0.6 is 23.2 Å². The molecule has 0 N–H and O–H groups in total. The Kier molecular flexibility index (Phi) is 5.37. The molecule has 4 heteroatoms. The lowest BCUT2D eigenvalue weighted by Crippen LogP contribution is -2.39. The van der Waals surface area contributed by atoms with Gasteiger partial charge in [-0.15, -0.1) is 11.6 Å². The topological polar surface area (TPSA) is 6.48 Å². The summed E-state index contributed by atoms with van der Waals surface area (Å²) in [6, 6.07) is 6.64. The second-order valence-electron chi connectivity index (χ2n) is 5.21. The van der Waals surface area contributed by atoms with E-state index in [1.807, 2.05) is 12.1 Å². The van der Waals surface area contributed by atoms with Gasteiger partial charge in [0.2, 0.25) is 0 Å². The number of halogens is 2. The molecule has 19 heavy (non-hydrogen) atoms. The van der Waals surface area contributed by atoms with Gasteiger partial charge in [-0.1, -0.05) is 18.5 Å². The number of hydrogen-bond acceptors (Lipinski definition) is 2. The highest BCUT2D eigenvalue weighted by atomic mass is 35.5. The summed E-state index contributed by atoms with van der Waals surface area (Å²) >= 11 is 12.1. The highest BCUT2D eigenvalue weighted by Crippen LogP contribution is 2.27. The molecule has 1 aliphatic rings. The van der Waals surface area contributed by atoms with E-state index < -0.39 is 0 Å². The SMILES string of the molecule is CCN1CCCC1CN(C)c1ccc(Cl)cc1CCl. The quantitative estimate of drug-likeness (QED) is 0.759. The van der Waals surface area contributed by atoms with Crippen molar-refractivity contribution in [3.63, 3.8) is 0 Å². The summed E-state index contributed by atoms with van der Waals surface area (Å²) in [6.07, 6.45) is 2.61. The van der Waals surface area contributed by atoms with Crippen molar-refractivity contribution in [3.05, 3.63) is 28.8 Å². The average molecular weight is 301 g/mol. The number of likely N-dealkylation sites (N-methyl/N-ethyl adjacent to an activating group) is 2. The van der Waals surface area contributed by atoms with Crippen LogP contribution in [0.3, 0.4) is 0 Å². The Bertz CT molecular complexity index is 423. The summed E-state index contributed by atoms with van der Waals surface area (Å²) in [5.74, 6) is 0.502. The second-order valence-corrected chi connectivity index (χ2v) is 5.92. The van der Waals surface area contributed by atoms with E-state index in [1.165, 1.54) is 25.1 Å².